The lowest BCUT2D eigenvalue weighted by atomic mass is 9.81. The fourth-order valence-corrected chi connectivity index (χ4v) is 4.68. The number of nitrogens with one attached hydrogen (secondary N) is 1. The third kappa shape index (κ3) is 3.38. The van der Waals surface area contributed by atoms with Gasteiger partial charge in [0.2, 0.25) is 0 Å². The highest BCUT2D eigenvalue weighted by atomic mass is 35.5. The number of rotatable bonds is 5. The smallest absolute Gasteiger partial charge is 0.0681 e. The average Bonchev–Trinajstić information content (AvgIpc) is 2.81. The second-order valence-corrected chi connectivity index (χ2v) is 8.20. The maximum absolute atomic E-state index is 6.39. The van der Waals surface area contributed by atoms with E-state index >= 15 is 0 Å². The van der Waals surface area contributed by atoms with Gasteiger partial charge in [-0.1, -0.05) is 18.5 Å². The van der Waals surface area contributed by atoms with Crippen molar-refractivity contribution in [2.75, 3.05) is 6.54 Å². The van der Waals surface area contributed by atoms with E-state index in [0.29, 0.717) is 5.92 Å². The first-order valence-corrected chi connectivity index (χ1v) is 8.69. The number of ether oxygens (including phenoxy) is 1. The summed E-state index contributed by atoms with van der Waals surface area (Å²) in [5.41, 5.74) is -0.202. The molecule has 1 aromatic heterocycles. The standard InChI is InChI=1S/C16H26ClNOS/c1-6-8-18-13(14-12(17)7-9-20-14)11-10-15(2,3)19-16(11,4)5/h7,9,11,13,18H,6,8,10H2,1-5H3. The van der Waals surface area contributed by atoms with Gasteiger partial charge in [-0.3, -0.25) is 0 Å². The van der Waals surface area contributed by atoms with Crippen molar-refractivity contribution in [3.05, 3.63) is 21.3 Å². The van der Waals surface area contributed by atoms with E-state index in [1.807, 2.05) is 6.07 Å². The first-order chi connectivity index (χ1) is 9.27. The van der Waals surface area contributed by atoms with E-state index in [9.17, 15) is 0 Å². The minimum Gasteiger partial charge on any atom is -0.369 e. The Morgan fingerprint density at radius 2 is 2.15 bits per heavy atom. The van der Waals surface area contributed by atoms with Crippen molar-refractivity contribution < 1.29 is 4.74 Å². The van der Waals surface area contributed by atoms with Crippen LogP contribution in [0.4, 0.5) is 0 Å². The Kier molecular flexibility index (Phi) is 4.85. The maximum atomic E-state index is 6.39. The second-order valence-electron chi connectivity index (χ2n) is 6.84. The Balaban J connectivity index is 2.30. The summed E-state index contributed by atoms with van der Waals surface area (Å²) in [5.74, 6) is 0.431. The number of thiophene rings is 1. The molecule has 0 aromatic carbocycles. The van der Waals surface area contributed by atoms with Gasteiger partial charge in [-0.25, -0.2) is 0 Å². The van der Waals surface area contributed by atoms with Crippen LogP contribution in [-0.2, 0) is 4.74 Å². The first-order valence-electron chi connectivity index (χ1n) is 7.43. The van der Waals surface area contributed by atoms with Gasteiger partial charge >= 0.3 is 0 Å². The lowest BCUT2D eigenvalue weighted by Crippen LogP contribution is -2.38. The molecule has 1 aliphatic heterocycles. The van der Waals surface area contributed by atoms with Gasteiger partial charge in [-0.05, 0) is 58.5 Å². The summed E-state index contributed by atoms with van der Waals surface area (Å²) in [7, 11) is 0. The van der Waals surface area contributed by atoms with Crippen LogP contribution in [-0.4, -0.2) is 17.7 Å². The van der Waals surface area contributed by atoms with Gasteiger partial charge in [0, 0.05) is 16.8 Å². The van der Waals surface area contributed by atoms with Crippen molar-refractivity contribution in [3.8, 4) is 0 Å². The molecule has 0 aliphatic carbocycles. The molecule has 0 amide bonds. The summed E-state index contributed by atoms with van der Waals surface area (Å²) in [6.07, 6.45) is 2.17. The third-order valence-corrected chi connectivity index (χ3v) is 5.53. The van der Waals surface area contributed by atoms with Crippen LogP contribution in [0.2, 0.25) is 5.02 Å². The fraction of sp³-hybridized carbons (Fsp3) is 0.750. The van der Waals surface area contributed by atoms with Crippen LogP contribution in [0, 0.1) is 5.92 Å². The molecular formula is C16H26ClNOS. The van der Waals surface area contributed by atoms with E-state index < -0.39 is 0 Å². The molecule has 1 saturated heterocycles. The zero-order chi connectivity index (χ0) is 15.0. The van der Waals surface area contributed by atoms with Gasteiger partial charge in [0.25, 0.3) is 0 Å². The second kappa shape index (κ2) is 5.96. The quantitative estimate of drug-likeness (QED) is 0.822. The molecule has 20 heavy (non-hydrogen) atoms. The SMILES string of the molecule is CCCNC(c1sccc1Cl)C1CC(C)(C)OC1(C)C. The van der Waals surface area contributed by atoms with Crippen LogP contribution >= 0.6 is 22.9 Å². The molecule has 0 bridgehead atoms. The Morgan fingerprint density at radius 3 is 2.60 bits per heavy atom. The van der Waals surface area contributed by atoms with Crippen LogP contribution in [0.5, 0.6) is 0 Å². The molecular weight excluding hydrogens is 290 g/mol. The molecule has 2 rings (SSSR count). The zero-order valence-corrected chi connectivity index (χ0v) is 14.7. The molecule has 2 atom stereocenters. The molecule has 1 N–H and O–H groups in total. The normalized spacial score (nSPS) is 25.8. The lowest BCUT2D eigenvalue weighted by Gasteiger charge is -2.33. The number of hydrogen-bond donors (Lipinski definition) is 1. The summed E-state index contributed by atoms with van der Waals surface area (Å²) in [6, 6.07) is 2.27. The van der Waals surface area contributed by atoms with E-state index in [4.69, 9.17) is 16.3 Å². The van der Waals surface area contributed by atoms with Crippen LogP contribution in [0.3, 0.4) is 0 Å². The van der Waals surface area contributed by atoms with E-state index in [1.54, 1.807) is 11.3 Å². The van der Waals surface area contributed by atoms with E-state index in [2.05, 4.69) is 45.3 Å². The fourth-order valence-electron chi connectivity index (χ4n) is 3.37. The number of halogens is 1. The molecule has 2 nitrogen and oxygen atoms in total. The highest BCUT2D eigenvalue weighted by molar-refractivity contribution is 7.10. The van der Waals surface area contributed by atoms with Crippen LogP contribution in [0.1, 0.15) is 58.4 Å². The maximum Gasteiger partial charge on any atom is 0.0681 e. The van der Waals surface area contributed by atoms with Crippen molar-refractivity contribution >= 4 is 22.9 Å². The molecule has 0 radical (unpaired) electrons. The summed E-state index contributed by atoms with van der Waals surface area (Å²) >= 11 is 8.13. The summed E-state index contributed by atoms with van der Waals surface area (Å²) in [5, 5.41) is 6.65. The van der Waals surface area contributed by atoms with Gasteiger partial charge in [0.1, 0.15) is 0 Å². The first kappa shape index (κ1) is 16.3. The monoisotopic (exact) mass is 315 g/mol. The van der Waals surface area contributed by atoms with Crippen LogP contribution < -0.4 is 5.32 Å². The molecule has 1 fully saturated rings. The Bertz CT molecular complexity index is 455. The van der Waals surface area contributed by atoms with Crippen molar-refractivity contribution in [2.45, 2.75) is 64.7 Å². The summed E-state index contributed by atoms with van der Waals surface area (Å²) < 4.78 is 6.27. The van der Waals surface area contributed by atoms with Gasteiger partial charge < -0.3 is 10.1 Å². The predicted molar refractivity (Wildman–Crippen MR) is 87.7 cm³/mol. The Hall–Kier alpha value is -0.0900. The molecule has 2 heterocycles. The van der Waals surface area contributed by atoms with Crippen LogP contribution in [0.25, 0.3) is 0 Å². The van der Waals surface area contributed by atoms with E-state index in [0.717, 1.165) is 24.4 Å². The van der Waals surface area contributed by atoms with Crippen LogP contribution in [0.15, 0.2) is 11.4 Å². The average molecular weight is 316 g/mol. The van der Waals surface area contributed by atoms with Crippen molar-refractivity contribution in [3.63, 3.8) is 0 Å². The Morgan fingerprint density at radius 1 is 1.45 bits per heavy atom. The molecule has 114 valence electrons. The Labute approximate surface area is 131 Å². The minimum atomic E-state index is -0.137. The third-order valence-electron chi connectivity index (χ3n) is 4.09. The van der Waals surface area contributed by atoms with Crippen molar-refractivity contribution in [2.24, 2.45) is 5.92 Å². The van der Waals surface area contributed by atoms with Gasteiger partial charge in [-0.15, -0.1) is 11.3 Å². The summed E-state index contributed by atoms with van der Waals surface area (Å²) in [6.45, 7) is 12.0. The van der Waals surface area contributed by atoms with Gasteiger partial charge in [-0.2, -0.15) is 0 Å². The van der Waals surface area contributed by atoms with Gasteiger partial charge in [0.05, 0.1) is 16.2 Å². The number of hydrogen-bond acceptors (Lipinski definition) is 3. The van der Waals surface area contributed by atoms with Crippen molar-refractivity contribution in [1.82, 2.24) is 5.32 Å². The minimum absolute atomic E-state index is 0.0654. The largest absolute Gasteiger partial charge is 0.369 e. The molecule has 0 saturated carbocycles. The predicted octanol–water partition coefficient (Wildman–Crippen LogP) is 5.04. The zero-order valence-electron chi connectivity index (χ0n) is 13.1. The molecule has 0 spiro atoms. The molecule has 4 heteroatoms. The molecule has 1 aromatic rings. The lowest BCUT2D eigenvalue weighted by molar-refractivity contribution is -0.0777. The molecule has 1 aliphatic rings. The topological polar surface area (TPSA) is 21.3 Å². The van der Waals surface area contributed by atoms with Gasteiger partial charge in [0.15, 0.2) is 0 Å². The van der Waals surface area contributed by atoms with Crippen molar-refractivity contribution in [1.29, 1.82) is 0 Å². The van der Waals surface area contributed by atoms with E-state index in [1.165, 1.54) is 4.88 Å². The molecule has 2 unspecified atom stereocenters. The summed E-state index contributed by atoms with van der Waals surface area (Å²) in [4.78, 5) is 1.25. The highest BCUT2D eigenvalue weighted by Crippen LogP contribution is 2.49. The highest BCUT2D eigenvalue weighted by Gasteiger charge is 2.49. The van der Waals surface area contributed by atoms with E-state index in [-0.39, 0.29) is 17.2 Å².